The van der Waals surface area contributed by atoms with Crippen LogP contribution in [0.15, 0.2) is 54.7 Å². The molecule has 2 aromatic carbocycles. The monoisotopic (exact) mass is 308 g/mol. The Kier molecular flexibility index (Phi) is 4.99. The molecule has 0 fully saturated rings. The van der Waals surface area contributed by atoms with E-state index < -0.39 is 0 Å². The molecule has 1 aromatic heterocycles. The molecule has 3 nitrogen and oxygen atoms in total. The Morgan fingerprint density at radius 1 is 1.04 bits per heavy atom. The molecule has 3 rings (SSSR count). The maximum atomic E-state index is 5.66. The van der Waals surface area contributed by atoms with Crippen LogP contribution in [0.1, 0.15) is 25.0 Å². The van der Waals surface area contributed by atoms with Crippen molar-refractivity contribution < 1.29 is 4.74 Å². The zero-order chi connectivity index (χ0) is 16.1. The minimum atomic E-state index is 0.218. The molecular weight excluding hydrogens is 284 g/mol. The number of aromatic nitrogens is 1. The highest BCUT2D eigenvalue weighted by molar-refractivity contribution is 5.83. The Balaban J connectivity index is 1.48. The number of hydrogen-bond acceptors (Lipinski definition) is 2. The Bertz CT molecular complexity index is 744. The van der Waals surface area contributed by atoms with Crippen LogP contribution >= 0.6 is 0 Å². The maximum absolute atomic E-state index is 5.66. The number of hydrogen-bond donors (Lipinski definition) is 2. The third-order valence-electron chi connectivity index (χ3n) is 3.87. The van der Waals surface area contributed by atoms with E-state index in [1.54, 1.807) is 0 Å². The minimum absolute atomic E-state index is 0.218. The lowest BCUT2D eigenvalue weighted by molar-refractivity contribution is 0.242. The third kappa shape index (κ3) is 4.14. The number of aromatic amines is 1. The van der Waals surface area contributed by atoms with Crippen LogP contribution < -0.4 is 10.1 Å². The summed E-state index contributed by atoms with van der Waals surface area (Å²) < 4.78 is 5.66. The van der Waals surface area contributed by atoms with Crippen molar-refractivity contribution in [2.75, 3.05) is 6.54 Å². The average molecular weight is 308 g/mol. The second kappa shape index (κ2) is 7.34. The fourth-order valence-electron chi connectivity index (χ4n) is 2.75. The predicted octanol–water partition coefficient (Wildman–Crippen LogP) is 4.29. The first-order valence-corrected chi connectivity index (χ1v) is 8.23. The third-order valence-corrected chi connectivity index (χ3v) is 3.87. The number of fused-ring (bicyclic) bond motifs is 1. The maximum Gasteiger partial charge on any atom is 0.119 e. The number of H-pyrrole nitrogens is 1. The van der Waals surface area contributed by atoms with Crippen LogP contribution in [0, 0.1) is 0 Å². The molecule has 0 radical (unpaired) electrons. The Morgan fingerprint density at radius 3 is 2.61 bits per heavy atom. The van der Waals surface area contributed by atoms with Crippen LogP contribution in [0.25, 0.3) is 10.9 Å². The van der Waals surface area contributed by atoms with Gasteiger partial charge in [0, 0.05) is 23.6 Å². The lowest BCUT2D eigenvalue weighted by Crippen LogP contribution is -2.16. The van der Waals surface area contributed by atoms with E-state index in [4.69, 9.17) is 4.74 Å². The second-order valence-electron chi connectivity index (χ2n) is 6.10. The minimum Gasteiger partial charge on any atom is -0.491 e. The summed E-state index contributed by atoms with van der Waals surface area (Å²) in [5.41, 5.74) is 3.86. The van der Waals surface area contributed by atoms with Gasteiger partial charge < -0.3 is 15.0 Å². The number of para-hydroxylation sites is 1. The molecule has 3 heteroatoms. The van der Waals surface area contributed by atoms with Gasteiger partial charge in [0.05, 0.1) is 6.10 Å². The van der Waals surface area contributed by atoms with Crippen molar-refractivity contribution >= 4 is 10.9 Å². The molecule has 0 saturated carbocycles. The van der Waals surface area contributed by atoms with Gasteiger partial charge in [-0.3, -0.25) is 0 Å². The summed E-state index contributed by atoms with van der Waals surface area (Å²) in [6.07, 6.45) is 3.36. The highest BCUT2D eigenvalue weighted by Gasteiger charge is 2.02. The van der Waals surface area contributed by atoms with Gasteiger partial charge >= 0.3 is 0 Å². The number of benzene rings is 2. The topological polar surface area (TPSA) is 37.0 Å². The first-order chi connectivity index (χ1) is 11.2. The molecule has 0 spiro atoms. The van der Waals surface area contributed by atoms with E-state index in [9.17, 15) is 0 Å². The predicted molar refractivity (Wildman–Crippen MR) is 95.9 cm³/mol. The zero-order valence-electron chi connectivity index (χ0n) is 13.8. The van der Waals surface area contributed by atoms with Crippen molar-refractivity contribution in [3.05, 3.63) is 65.9 Å². The van der Waals surface area contributed by atoms with Gasteiger partial charge in [-0.2, -0.15) is 0 Å². The standard InChI is InChI=1S/C20H24N2O/c1-15(2)23-18-9-7-16(8-10-18)13-21-12-11-17-14-22-20-6-4-3-5-19(17)20/h3-10,14-15,21-22H,11-13H2,1-2H3. The average Bonchev–Trinajstić information content (AvgIpc) is 2.96. The van der Waals surface area contributed by atoms with E-state index in [1.807, 2.05) is 26.0 Å². The van der Waals surface area contributed by atoms with Crippen molar-refractivity contribution in [3.8, 4) is 5.75 Å². The van der Waals surface area contributed by atoms with E-state index in [2.05, 4.69) is 52.9 Å². The van der Waals surface area contributed by atoms with Crippen molar-refractivity contribution in [3.63, 3.8) is 0 Å². The molecule has 0 bridgehead atoms. The number of nitrogens with one attached hydrogen (secondary N) is 2. The summed E-state index contributed by atoms with van der Waals surface area (Å²) >= 11 is 0. The summed E-state index contributed by atoms with van der Waals surface area (Å²) in [5.74, 6) is 0.933. The van der Waals surface area contributed by atoms with Crippen LogP contribution in [0.5, 0.6) is 5.75 Å². The molecule has 2 N–H and O–H groups in total. The largest absolute Gasteiger partial charge is 0.491 e. The summed E-state index contributed by atoms with van der Waals surface area (Å²) in [4.78, 5) is 3.33. The highest BCUT2D eigenvalue weighted by atomic mass is 16.5. The normalized spacial score (nSPS) is 11.3. The Labute approximate surface area is 137 Å². The molecule has 0 saturated heterocycles. The van der Waals surface area contributed by atoms with Crippen LogP contribution in [0.4, 0.5) is 0 Å². The van der Waals surface area contributed by atoms with Crippen molar-refractivity contribution in [1.29, 1.82) is 0 Å². The molecule has 1 heterocycles. The van der Waals surface area contributed by atoms with E-state index in [0.717, 1.165) is 25.3 Å². The van der Waals surface area contributed by atoms with Gasteiger partial charge in [0.2, 0.25) is 0 Å². The molecule has 120 valence electrons. The van der Waals surface area contributed by atoms with E-state index in [-0.39, 0.29) is 6.10 Å². The van der Waals surface area contributed by atoms with Gasteiger partial charge in [0.15, 0.2) is 0 Å². The van der Waals surface area contributed by atoms with Gasteiger partial charge in [-0.25, -0.2) is 0 Å². The lowest BCUT2D eigenvalue weighted by atomic mass is 10.1. The van der Waals surface area contributed by atoms with E-state index >= 15 is 0 Å². The van der Waals surface area contributed by atoms with Gasteiger partial charge in [0.1, 0.15) is 5.75 Å². The SMILES string of the molecule is CC(C)Oc1ccc(CNCCc2c[nH]c3ccccc23)cc1. The molecule has 0 aliphatic carbocycles. The van der Waals surface area contributed by atoms with Crippen molar-refractivity contribution in [2.45, 2.75) is 32.9 Å². The zero-order valence-corrected chi connectivity index (χ0v) is 13.8. The Hall–Kier alpha value is -2.26. The van der Waals surface area contributed by atoms with E-state index in [1.165, 1.54) is 22.0 Å². The smallest absolute Gasteiger partial charge is 0.119 e. The second-order valence-corrected chi connectivity index (χ2v) is 6.10. The summed E-state index contributed by atoms with van der Waals surface area (Å²) in [6.45, 7) is 5.93. The fourth-order valence-corrected chi connectivity index (χ4v) is 2.75. The molecule has 0 aliphatic rings. The molecular formula is C20H24N2O. The molecule has 3 aromatic rings. The first kappa shape index (κ1) is 15.6. The van der Waals surface area contributed by atoms with Gasteiger partial charge in [0.25, 0.3) is 0 Å². The van der Waals surface area contributed by atoms with Crippen LogP contribution in [0.3, 0.4) is 0 Å². The summed E-state index contributed by atoms with van der Waals surface area (Å²) in [5, 5.41) is 4.83. The van der Waals surface area contributed by atoms with Gasteiger partial charge in [-0.05, 0) is 56.1 Å². The summed E-state index contributed by atoms with van der Waals surface area (Å²) in [7, 11) is 0. The van der Waals surface area contributed by atoms with Gasteiger partial charge in [-0.1, -0.05) is 30.3 Å². The molecule has 0 aliphatic heterocycles. The van der Waals surface area contributed by atoms with Crippen LogP contribution in [0.2, 0.25) is 0 Å². The fraction of sp³-hybridized carbons (Fsp3) is 0.300. The van der Waals surface area contributed by atoms with Crippen LogP contribution in [-0.2, 0) is 13.0 Å². The quantitative estimate of drug-likeness (QED) is 0.639. The highest BCUT2D eigenvalue weighted by Crippen LogP contribution is 2.18. The number of rotatable bonds is 7. The van der Waals surface area contributed by atoms with Crippen LogP contribution in [-0.4, -0.2) is 17.6 Å². The molecule has 0 atom stereocenters. The summed E-state index contributed by atoms with van der Waals surface area (Å²) in [6, 6.07) is 16.8. The lowest BCUT2D eigenvalue weighted by Gasteiger charge is -2.10. The molecule has 0 unspecified atom stereocenters. The van der Waals surface area contributed by atoms with E-state index in [0.29, 0.717) is 0 Å². The van der Waals surface area contributed by atoms with Crippen molar-refractivity contribution in [2.24, 2.45) is 0 Å². The Morgan fingerprint density at radius 2 is 1.83 bits per heavy atom. The van der Waals surface area contributed by atoms with Gasteiger partial charge in [-0.15, -0.1) is 0 Å². The molecule has 0 amide bonds. The van der Waals surface area contributed by atoms with Crippen molar-refractivity contribution in [1.82, 2.24) is 10.3 Å². The first-order valence-electron chi connectivity index (χ1n) is 8.23. The number of ether oxygens (including phenoxy) is 1. The molecule has 23 heavy (non-hydrogen) atoms.